The van der Waals surface area contributed by atoms with E-state index in [2.05, 4.69) is 10.6 Å². The Morgan fingerprint density at radius 3 is 2.56 bits per heavy atom. The van der Waals surface area contributed by atoms with Crippen molar-refractivity contribution in [2.75, 3.05) is 18.5 Å². The molecule has 9 heteroatoms. The first-order chi connectivity index (χ1) is 19.1. The van der Waals surface area contributed by atoms with E-state index in [-0.39, 0.29) is 12.5 Å². The molecule has 0 aliphatic heterocycles. The Bertz CT molecular complexity index is 1530. The van der Waals surface area contributed by atoms with E-state index in [9.17, 15) is 4.79 Å². The minimum atomic E-state index is -0.123. The number of nitrogens with zero attached hydrogens (tertiary/aromatic N) is 2. The van der Waals surface area contributed by atoms with Gasteiger partial charge in [-0.25, -0.2) is 9.97 Å². The quantitative estimate of drug-likeness (QED) is 0.203. The zero-order valence-electron chi connectivity index (χ0n) is 21.6. The van der Waals surface area contributed by atoms with E-state index in [1.54, 1.807) is 0 Å². The van der Waals surface area contributed by atoms with Crippen LogP contribution in [0.2, 0.25) is 0 Å². The van der Waals surface area contributed by atoms with Gasteiger partial charge < -0.3 is 31.3 Å². The first-order valence-electron chi connectivity index (χ1n) is 12.8. The first-order valence-corrected chi connectivity index (χ1v) is 12.8. The third kappa shape index (κ3) is 6.32. The summed E-state index contributed by atoms with van der Waals surface area (Å²) in [5, 5.41) is 14.7. The summed E-state index contributed by atoms with van der Waals surface area (Å²) in [6.45, 7) is 2.44. The Morgan fingerprint density at radius 2 is 1.85 bits per heavy atom. The highest BCUT2D eigenvalue weighted by Gasteiger charge is 2.23. The molecule has 0 saturated heterocycles. The van der Waals surface area contributed by atoms with Crippen molar-refractivity contribution in [1.82, 2.24) is 15.3 Å². The molecule has 1 aliphatic rings. The average molecular weight is 523 g/mol. The summed E-state index contributed by atoms with van der Waals surface area (Å²) in [6.07, 6.45) is 4.69. The van der Waals surface area contributed by atoms with Gasteiger partial charge in [0.15, 0.2) is 12.4 Å². The van der Waals surface area contributed by atoms with Gasteiger partial charge in [-0.2, -0.15) is 0 Å². The van der Waals surface area contributed by atoms with Crippen LogP contribution in [0.15, 0.2) is 72.9 Å². The average Bonchev–Trinajstić information content (AvgIpc) is 3.78. The number of amides is 1. The molecule has 3 aromatic carbocycles. The Morgan fingerprint density at radius 1 is 1.05 bits per heavy atom. The van der Waals surface area contributed by atoms with Crippen molar-refractivity contribution in [3.05, 3.63) is 78.5 Å². The monoisotopic (exact) mass is 522 g/mol. The van der Waals surface area contributed by atoms with Gasteiger partial charge in [-0.15, -0.1) is 0 Å². The lowest BCUT2D eigenvalue weighted by atomic mass is 10.1. The third-order valence-electron chi connectivity index (χ3n) is 6.20. The molecule has 198 valence electrons. The van der Waals surface area contributed by atoms with Gasteiger partial charge in [0.2, 0.25) is 0 Å². The van der Waals surface area contributed by atoms with Crippen molar-refractivity contribution >= 4 is 40.1 Å². The molecule has 1 aromatic heterocycles. The molecule has 5 rings (SSSR count). The summed E-state index contributed by atoms with van der Waals surface area (Å²) in [4.78, 5) is 21.7. The number of benzene rings is 3. The van der Waals surface area contributed by atoms with Crippen molar-refractivity contribution in [2.24, 2.45) is 5.73 Å². The van der Waals surface area contributed by atoms with E-state index in [1.165, 1.54) is 12.4 Å². The molecule has 5 N–H and O–H groups in total. The van der Waals surface area contributed by atoms with Gasteiger partial charge in [0.1, 0.15) is 17.3 Å². The standard InChI is InChI=1S/C30H30N6O3/c1-2-38-25-12-13-27-26(15-25)30(34-23-8-6-19(7-9-23)21(16-31)17-32)36-29(35-27)20-4-3-5-24(14-20)39-18-28(37)33-22-10-11-22/h3-9,12-17,22,31H,2,10-11,18,32H2,1H3,(H,33,37)(H,34,35,36)/b21-17+,31-16?. The van der Waals surface area contributed by atoms with Gasteiger partial charge in [0.25, 0.3) is 5.91 Å². The highest BCUT2D eigenvalue weighted by Crippen LogP contribution is 2.31. The molecular weight excluding hydrogens is 492 g/mol. The third-order valence-corrected chi connectivity index (χ3v) is 6.20. The number of aromatic nitrogens is 2. The largest absolute Gasteiger partial charge is 0.494 e. The molecule has 39 heavy (non-hydrogen) atoms. The van der Waals surface area contributed by atoms with Crippen LogP contribution in [-0.4, -0.2) is 41.3 Å². The lowest BCUT2D eigenvalue weighted by molar-refractivity contribution is -0.123. The molecule has 1 heterocycles. The van der Waals surface area contributed by atoms with Gasteiger partial charge in [-0.05, 0) is 67.8 Å². The number of allylic oxidation sites excluding steroid dienone is 1. The van der Waals surface area contributed by atoms with Crippen molar-refractivity contribution < 1.29 is 14.3 Å². The number of anilines is 2. The molecule has 0 unspecified atom stereocenters. The van der Waals surface area contributed by atoms with Crippen LogP contribution < -0.4 is 25.8 Å². The summed E-state index contributed by atoms with van der Waals surface area (Å²) in [5.74, 6) is 2.29. The van der Waals surface area contributed by atoms with Gasteiger partial charge in [-0.1, -0.05) is 24.3 Å². The van der Waals surface area contributed by atoms with E-state index in [1.807, 2.05) is 73.7 Å². The number of ether oxygens (including phenoxy) is 2. The van der Waals surface area contributed by atoms with E-state index in [0.29, 0.717) is 35.6 Å². The number of rotatable bonds is 11. The van der Waals surface area contributed by atoms with Crippen LogP contribution in [0.5, 0.6) is 11.5 Å². The topological polar surface area (TPSA) is 135 Å². The molecule has 1 aliphatic carbocycles. The van der Waals surface area contributed by atoms with E-state index < -0.39 is 0 Å². The minimum absolute atomic E-state index is 0.0411. The van der Waals surface area contributed by atoms with Crippen molar-refractivity contribution in [2.45, 2.75) is 25.8 Å². The Balaban J connectivity index is 1.46. The maximum Gasteiger partial charge on any atom is 0.258 e. The van der Waals surface area contributed by atoms with Crippen LogP contribution in [0.3, 0.4) is 0 Å². The molecule has 0 radical (unpaired) electrons. The van der Waals surface area contributed by atoms with Crippen molar-refractivity contribution in [3.63, 3.8) is 0 Å². The SMILES string of the molecule is CCOc1ccc2nc(-c3cccc(OCC(=O)NC4CC4)c3)nc(Nc3ccc(/C(C=N)=C/N)cc3)c2c1. The first kappa shape index (κ1) is 25.7. The predicted octanol–water partition coefficient (Wildman–Crippen LogP) is 5.05. The van der Waals surface area contributed by atoms with Crippen LogP contribution in [0.25, 0.3) is 27.9 Å². The molecule has 0 spiro atoms. The summed E-state index contributed by atoms with van der Waals surface area (Å²) >= 11 is 0. The number of fused-ring (bicyclic) bond motifs is 1. The molecule has 1 fully saturated rings. The lowest BCUT2D eigenvalue weighted by Crippen LogP contribution is -2.30. The normalized spacial score (nSPS) is 13.1. The molecule has 1 amide bonds. The summed E-state index contributed by atoms with van der Waals surface area (Å²) < 4.78 is 11.5. The predicted molar refractivity (Wildman–Crippen MR) is 153 cm³/mol. The fourth-order valence-electron chi connectivity index (χ4n) is 4.07. The molecule has 0 atom stereocenters. The van der Waals surface area contributed by atoms with Crippen molar-refractivity contribution in [1.29, 1.82) is 5.41 Å². The lowest BCUT2D eigenvalue weighted by Gasteiger charge is -2.13. The minimum Gasteiger partial charge on any atom is -0.494 e. The second kappa shape index (κ2) is 11.6. The second-order valence-corrected chi connectivity index (χ2v) is 9.13. The number of hydrogen-bond donors (Lipinski definition) is 4. The van der Waals surface area contributed by atoms with Gasteiger partial charge in [0.05, 0.1) is 12.1 Å². The van der Waals surface area contributed by atoms with Crippen LogP contribution in [0, 0.1) is 5.41 Å². The summed E-state index contributed by atoms with van der Waals surface area (Å²) in [5.41, 5.74) is 9.41. The van der Waals surface area contributed by atoms with Crippen LogP contribution in [0.4, 0.5) is 11.5 Å². The van der Waals surface area contributed by atoms with Crippen LogP contribution in [0.1, 0.15) is 25.3 Å². The Labute approximate surface area is 226 Å². The zero-order chi connectivity index (χ0) is 27.2. The smallest absolute Gasteiger partial charge is 0.258 e. The highest BCUT2D eigenvalue weighted by atomic mass is 16.5. The molecule has 1 saturated carbocycles. The maximum absolute atomic E-state index is 12.1. The summed E-state index contributed by atoms with van der Waals surface area (Å²) in [6, 6.07) is 21.0. The van der Waals surface area contributed by atoms with Gasteiger partial charge in [-0.3, -0.25) is 4.79 Å². The zero-order valence-corrected chi connectivity index (χ0v) is 21.6. The number of carbonyl (C=O) groups excluding carboxylic acids is 1. The van der Waals surface area contributed by atoms with Gasteiger partial charge >= 0.3 is 0 Å². The van der Waals surface area contributed by atoms with E-state index in [4.69, 9.17) is 30.6 Å². The number of nitrogens with one attached hydrogen (secondary N) is 3. The molecular formula is C30H30N6O3. The van der Waals surface area contributed by atoms with Gasteiger partial charge in [0, 0.05) is 40.7 Å². The molecule has 4 aromatic rings. The molecule has 9 nitrogen and oxygen atoms in total. The fourth-order valence-corrected chi connectivity index (χ4v) is 4.07. The Kier molecular flexibility index (Phi) is 7.68. The number of hydrogen-bond acceptors (Lipinski definition) is 8. The number of nitrogens with two attached hydrogens (primary N) is 1. The van der Waals surface area contributed by atoms with Crippen LogP contribution >= 0.6 is 0 Å². The highest BCUT2D eigenvalue weighted by molar-refractivity contribution is 6.08. The second-order valence-electron chi connectivity index (χ2n) is 9.13. The Hall–Kier alpha value is -4.92. The van der Waals surface area contributed by atoms with E-state index in [0.717, 1.165) is 46.3 Å². The van der Waals surface area contributed by atoms with Crippen LogP contribution in [-0.2, 0) is 4.79 Å². The maximum atomic E-state index is 12.1. The fraction of sp³-hybridized carbons (Fsp3) is 0.200. The van der Waals surface area contributed by atoms with E-state index >= 15 is 0 Å². The van der Waals surface area contributed by atoms with Crippen molar-refractivity contribution in [3.8, 4) is 22.9 Å². The number of carbonyl (C=O) groups is 1. The summed E-state index contributed by atoms with van der Waals surface area (Å²) in [7, 11) is 0. The molecule has 0 bridgehead atoms.